The van der Waals surface area contributed by atoms with Gasteiger partial charge in [0.05, 0.1) is 17.7 Å². The summed E-state index contributed by atoms with van der Waals surface area (Å²) >= 11 is 0. The zero-order valence-electron chi connectivity index (χ0n) is 13.9. The number of furan rings is 1. The number of aryl methyl sites for hydroxylation is 1. The first-order chi connectivity index (χ1) is 11.3. The van der Waals surface area contributed by atoms with E-state index in [0.717, 1.165) is 5.56 Å². The van der Waals surface area contributed by atoms with Gasteiger partial charge in [0.15, 0.2) is 0 Å². The van der Waals surface area contributed by atoms with E-state index in [1.54, 1.807) is 38.1 Å². The summed E-state index contributed by atoms with van der Waals surface area (Å²) in [5, 5.41) is 2.69. The molecule has 0 fully saturated rings. The van der Waals surface area contributed by atoms with Gasteiger partial charge in [-0.2, -0.15) is 4.72 Å². The van der Waals surface area contributed by atoms with E-state index in [1.165, 1.54) is 18.4 Å². The van der Waals surface area contributed by atoms with Crippen molar-refractivity contribution in [2.45, 2.75) is 38.3 Å². The van der Waals surface area contributed by atoms with Gasteiger partial charge in [-0.3, -0.25) is 4.79 Å². The second-order valence-corrected chi connectivity index (χ2v) is 7.67. The molecule has 0 spiro atoms. The molecule has 0 saturated heterocycles. The highest BCUT2D eigenvalue weighted by Gasteiger charge is 2.28. The van der Waals surface area contributed by atoms with E-state index in [4.69, 9.17) is 4.42 Å². The number of carbonyl (C=O) groups is 1. The molecule has 7 heteroatoms. The Morgan fingerprint density at radius 2 is 1.83 bits per heavy atom. The van der Waals surface area contributed by atoms with E-state index in [1.807, 2.05) is 6.92 Å². The van der Waals surface area contributed by atoms with Crippen LogP contribution in [0.3, 0.4) is 0 Å². The largest absolute Gasteiger partial charge is 0.467 e. The third-order valence-electron chi connectivity index (χ3n) is 3.58. The number of nitrogens with one attached hydrogen (secondary N) is 2. The van der Waals surface area contributed by atoms with Crippen LogP contribution in [0.25, 0.3) is 0 Å². The standard InChI is InChI=1S/C17H22N2O4S/c1-12(2)16(17(20)18-11-14-5-4-10-23-14)19-24(21,22)15-8-6-13(3)7-9-15/h4-10,12,16,19H,11H2,1-3H3,(H,18,20)/t16-/m0/s1. The van der Waals surface area contributed by atoms with Crippen LogP contribution in [0.2, 0.25) is 0 Å². The van der Waals surface area contributed by atoms with Crippen LogP contribution in [0.1, 0.15) is 25.2 Å². The Morgan fingerprint density at radius 1 is 1.17 bits per heavy atom. The number of carbonyl (C=O) groups excluding carboxylic acids is 1. The lowest BCUT2D eigenvalue weighted by atomic mass is 10.1. The van der Waals surface area contributed by atoms with Crippen molar-refractivity contribution in [3.8, 4) is 0 Å². The summed E-state index contributed by atoms with van der Waals surface area (Å²) in [6.45, 7) is 5.66. The summed E-state index contributed by atoms with van der Waals surface area (Å²) in [5.41, 5.74) is 0.963. The van der Waals surface area contributed by atoms with Crippen molar-refractivity contribution in [1.29, 1.82) is 0 Å². The van der Waals surface area contributed by atoms with Crippen molar-refractivity contribution < 1.29 is 17.6 Å². The SMILES string of the molecule is Cc1ccc(S(=O)(=O)N[C@H](C(=O)NCc2ccco2)C(C)C)cc1. The van der Waals surface area contributed by atoms with Crippen LogP contribution in [0.5, 0.6) is 0 Å². The fraction of sp³-hybridized carbons (Fsp3) is 0.353. The van der Waals surface area contributed by atoms with E-state index in [9.17, 15) is 13.2 Å². The smallest absolute Gasteiger partial charge is 0.241 e. The number of hydrogen-bond acceptors (Lipinski definition) is 4. The summed E-state index contributed by atoms with van der Waals surface area (Å²) < 4.78 is 32.6. The number of sulfonamides is 1. The van der Waals surface area contributed by atoms with Crippen molar-refractivity contribution in [1.82, 2.24) is 10.0 Å². The zero-order chi connectivity index (χ0) is 17.7. The Kier molecular flexibility index (Phi) is 5.80. The molecule has 0 aliphatic heterocycles. The van der Waals surface area contributed by atoms with Crippen LogP contribution < -0.4 is 10.0 Å². The van der Waals surface area contributed by atoms with E-state index in [2.05, 4.69) is 10.0 Å². The van der Waals surface area contributed by atoms with Crippen LogP contribution in [-0.2, 0) is 21.4 Å². The Morgan fingerprint density at radius 3 is 2.38 bits per heavy atom. The fourth-order valence-corrected chi connectivity index (χ4v) is 3.49. The molecular weight excluding hydrogens is 328 g/mol. The minimum Gasteiger partial charge on any atom is -0.467 e. The van der Waals surface area contributed by atoms with E-state index < -0.39 is 22.0 Å². The lowest BCUT2D eigenvalue weighted by Crippen LogP contribution is -2.49. The summed E-state index contributed by atoms with van der Waals surface area (Å²) in [6, 6.07) is 9.08. The Bertz CT molecular complexity index is 765. The molecule has 1 amide bonds. The van der Waals surface area contributed by atoms with Gasteiger partial charge in [-0.1, -0.05) is 31.5 Å². The average Bonchev–Trinajstić information content (AvgIpc) is 3.04. The van der Waals surface area contributed by atoms with Crippen molar-refractivity contribution in [3.05, 3.63) is 54.0 Å². The van der Waals surface area contributed by atoms with Crippen LogP contribution >= 0.6 is 0 Å². The highest BCUT2D eigenvalue weighted by molar-refractivity contribution is 7.89. The third-order valence-corrected chi connectivity index (χ3v) is 5.04. The van der Waals surface area contributed by atoms with Crippen molar-refractivity contribution in [2.75, 3.05) is 0 Å². The zero-order valence-corrected chi connectivity index (χ0v) is 14.8. The van der Waals surface area contributed by atoms with Gasteiger partial charge < -0.3 is 9.73 Å². The van der Waals surface area contributed by atoms with Crippen molar-refractivity contribution in [2.24, 2.45) is 5.92 Å². The summed E-state index contributed by atoms with van der Waals surface area (Å²) in [4.78, 5) is 12.5. The molecule has 0 saturated carbocycles. The predicted molar refractivity (Wildman–Crippen MR) is 90.7 cm³/mol. The van der Waals surface area contributed by atoms with Gasteiger partial charge in [-0.25, -0.2) is 8.42 Å². The molecule has 0 unspecified atom stereocenters. The molecule has 2 aromatic rings. The highest BCUT2D eigenvalue weighted by Crippen LogP contribution is 2.13. The second kappa shape index (κ2) is 7.63. The van der Waals surface area contributed by atoms with Gasteiger partial charge in [-0.15, -0.1) is 0 Å². The maximum absolute atomic E-state index is 12.5. The molecule has 0 aliphatic rings. The van der Waals surface area contributed by atoms with Crippen LogP contribution in [0.4, 0.5) is 0 Å². The molecular formula is C17H22N2O4S. The lowest BCUT2D eigenvalue weighted by molar-refractivity contribution is -0.123. The molecule has 2 N–H and O–H groups in total. The minimum atomic E-state index is -3.77. The van der Waals surface area contributed by atoms with Gasteiger partial charge in [0.25, 0.3) is 0 Å². The molecule has 2 rings (SSSR count). The molecule has 0 aliphatic carbocycles. The molecule has 1 aromatic heterocycles. The summed E-state index contributed by atoms with van der Waals surface area (Å²) in [5.74, 6) is 0.00570. The molecule has 1 atom stereocenters. The lowest BCUT2D eigenvalue weighted by Gasteiger charge is -2.21. The summed E-state index contributed by atoms with van der Waals surface area (Å²) in [7, 11) is -3.77. The molecule has 6 nitrogen and oxygen atoms in total. The van der Waals surface area contributed by atoms with E-state index in [-0.39, 0.29) is 17.4 Å². The molecule has 24 heavy (non-hydrogen) atoms. The predicted octanol–water partition coefficient (Wildman–Crippen LogP) is 2.21. The van der Waals surface area contributed by atoms with Crippen LogP contribution in [0, 0.1) is 12.8 Å². The minimum absolute atomic E-state index is 0.137. The quantitative estimate of drug-likeness (QED) is 0.801. The molecule has 1 heterocycles. The monoisotopic (exact) mass is 350 g/mol. The van der Waals surface area contributed by atoms with Gasteiger partial charge in [0.1, 0.15) is 11.8 Å². The third kappa shape index (κ3) is 4.69. The maximum Gasteiger partial charge on any atom is 0.241 e. The normalized spacial score (nSPS) is 13.0. The van der Waals surface area contributed by atoms with E-state index >= 15 is 0 Å². The average molecular weight is 350 g/mol. The second-order valence-electron chi connectivity index (χ2n) is 5.95. The first-order valence-corrected chi connectivity index (χ1v) is 9.17. The molecule has 0 bridgehead atoms. The summed E-state index contributed by atoms with van der Waals surface area (Å²) in [6.07, 6.45) is 1.52. The molecule has 130 valence electrons. The van der Waals surface area contributed by atoms with Gasteiger partial charge in [-0.05, 0) is 37.1 Å². The number of benzene rings is 1. The van der Waals surface area contributed by atoms with Gasteiger partial charge >= 0.3 is 0 Å². The van der Waals surface area contributed by atoms with Crippen LogP contribution in [-0.4, -0.2) is 20.4 Å². The first-order valence-electron chi connectivity index (χ1n) is 7.68. The van der Waals surface area contributed by atoms with Crippen LogP contribution in [0.15, 0.2) is 52.0 Å². The van der Waals surface area contributed by atoms with Crippen molar-refractivity contribution >= 4 is 15.9 Å². The van der Waals surface area contributed by atoms with Crippen molar-refractivity contribution in [3.63, 3.8) is 0 Å². The van der Waals surface area contributed by atoms with Gasteiger partial charge in [0, 0.05) is 0 Å². The molecule has 0 radical (unpaired) electrons. The van der Waals surface area contributed by atoms with Gasteiger partial charge in [0.2, 0.25) is 15.9 Å². The molecule has 1 aromatic carbocycles. The first kappa shape index (κ1) is 18.2. The fourth-order valence-electron chi connectivity index (χ4n) is 2.14. The Hall–Kier alpha value is -2.12. The highest BCUT2D eigenvalue weighted by atomic mass is 32.2. The number of rotatable bonds is 7. The van der Waals surface area contributed by atoms with E-state index in [0.29, 0.717) is 5.76 Å². The Balaban J connectivity index is 2.09. The topological polar surface area (TPSA) is 88.4 Å². The number of hydrogen-bond donors (Lipinski definition) is 2. The Labute approximate surface area is 142 Å². The number of amides is 1. The maximum atomic E-state index is 12.5.